The summed E-state index contributed by atoms with van der Waals surface area (Å²) in [5, 5.41) is 6.31. The van der Waals surface area contributed by atoms with Gasteiger partial charge in [-0.3, -0.25) is 4.79 Å². The maximum absolute atomic E-state index is 11.6. The Hall–Kier alpha value is -0.610. The van der Waals surface area contributed by atoms with E-state index in [0.29, 0.717) is 12.6 Å². The largest absolute Gasteiger partial charge is 0.380 e. The molecule has 0 spiro atoms. The topological polar surface area (TPSA) is 50.4 Å². The Bertz CT molecular complexity index is 218. The highest BCUT2D eigenvalue weighted by molar-refractivity contribution is 5.81. The lowest BCUT2D eigenvalue weighted by Gasteiger charge is -2.24. The molecule has 0 radical (unpaired) electrons. The van der Waals surface area contributed by atoms with Crippen LogP contribution in [0.2, 0.25) is 0 Å². The molecule has 0 aliphatic carbocycles. The van der Waals surface area contributed by atoms with E-state index in [2.05, 4.69) is 10.6 Å². The van der Waals surface area contributed by atoms with Crippen molar-refractivity contribution in [3.8, 4) is 0 Å². The lowest BCUT2D eigenvalue weighted by atomic mass is 9.96. The highest BCUT2D eigenvalue weighted by Crippen LogP contribution is 2.11. The average molecular weight is 228 g/mol. The number of carbonyl (C=O) groups excluding carboxylic acids is 1. The van der Waals surface area contributed by atoms with Gasteiger partial charge in [-0.05, 0) is 12.8 Å². The third-order valence-corrected chi connectivity index (χ3v) is 2.69. The first-order chi connectivity index (χ1) is 7.50. The summed E-state index contributed by atoms with van der Waals surface area (Å²) in [6.07, 6.45) is 2.30. The SMILES string of the molecule is CC(C)(C)C(=O)NCCNC1CCCOC1. The molecule has 4 heteroatoms. The van der Waals surface area contributed by atoms with Crippen LogP contribution < -0.4 is 10.6 Å². The Kier molecular flexibility index (Phi) is 5.22. The summed E-state index contributed by atoms with van der Waals surface area (Å²) in [6.45, 7) is 8.95. The Labute approximate surface area is 98.1 Å². The highest BCUT2D eigenvalue weighted by atomic mass is 16.5. The molecule has 1 unspecified atom stereocenters. The zero-order valence-electron chi connectivity index (χ0n) is 10.6. The molecule has 1 atom stereocenters. The van der Waals surface area contributed by atoms with Crippen molar-refractivity contribution in [1.82, 2.24) is 10.6 Å². The van der Waals surface area contributed by atoms with Gasteiger partial charge in [-0.25, -0.2) is 0 Å². The van der Waals surface area contributed by atoms with E-state index >= 15 is 0 Å². The molecule has 4 nitrogen and oxygen atoms in total. The summed E-state index contributed by atoms with van der Waals surface area (Å²) < 4.78 is 5.36. The molecule has 0 aromatic heterocycles. The van der Waals surface area contributed by atoms with Crippen molar-refractivity contribution in [1.29, 1.82) is 0 Å². The first-order valence-electron chi connectivity index (χ1n) is 6.09. The fourth-order valence-electron chi connectivity index (χ4n) is 1.62. The minimum atomic E-state index is -0.298. The number of nitrogens with one attached hydrogen (secondary N) is 2. The van der Waals surface area contributed by atoms with Gasteiger partial charge in [0.25, 0.3) is 0 Å². The molecule has 1 amide bonds. The molecule has 16 heavy (non-hydrogen) atoms. The Balaban J connectivity index is 2.05. The van der Waals surface area contributed by atoms with E-state index < -0.39 is 0 Å². The van der Waals surface area contributed by atoms with Crippen LogP contribution in [0.5, 0.6) is 0 Å². The second-order valence-electron chi connectivity index (χ2n) is 5.37. The Morgan fingerprint density at radius 2 is 2.12 bits per heavy atom. The van der Waals surface area contributed by atoms with Crippen LogP contribution in [-0.2, 0) is 9.53 Å². The summed E-state index contributed by atoms with van der Waals surface area (Å²) in [4.78, 5) is 11.6. The quantitative estimate of drug-likeness (QED) is 0.703. The van der Waals surface area contributed by atoms with E-state index in [-0.39, 0.29) is 11.3 Å². The van der Waals surface area contributed by atoms with Gasteiger partial charge in [0.15, 0.2) is 0 Å². The van der Waals surface area contributed by atoms with Crippen molar-refractivity contribution in [3.05, 3.63) is 0 Å². The van der Waals surface area contributed by atoms with Gasteiger partial charge < -0.3 is 15.4 Å². The number of carbonyl (C=O) groups is 1. The van der Waals surface area contributed by atoms with Gasteiger partial charge in [0.1, 0.15) is 0 Å². The van der Waals surface area contributed by atoms with Crippen LogP contribution in [0.25, 0.3) is 0 Å². The molecular formula is C12H24N2O2. The highest BCUT2D eigenvalue weighted by Gasteiger charge is 2.20. The van der Waals surface area contributed by atoms with Gasteiger partial charge in [0, 0.05) is 31.2 Å². The predicted octanol–water partition coefficient (Wildman–Crippen LogP) is 0.917. The second kappa shape index (κ2) is 6.21. The van der Waals surface area contributed by atoms with E-state index in [1.807, 2.05) is 20.8 Å². The molecule has 1 aliphatic heterocycles. The summed E-state index contributed by atoms with van der Waals surface area (Å²) in [7, 11) is 0. The lowest BCUT2D eigenvalue weighted by Crippen LogP contribution is -2.43. The Morgan fingerprint density at radius 3 is 2.69 bits per heavy atom. The third-order valence-electron chi connectivity index (χ3n) is 2.69. The normalized spacial score (nSPS) is 21.8. The summed E-state index contributed by atoms with van der Waals surface area (Å²) in [5.41, 5.74) is -0.298. The van der Waals surface area contributed by atoms with Crippen LogP contribution in [-0.4, -0.2) is 38.3 Å². The van der Waals surface area contributed by atoms with Crippen molar-refractivity contribution < 1.29 is 9.53 Å². The predicted molar refractivity (Wildman–Crippen MR) is 64.3 cm³/mol. The maximum Gasteiger partial charge on any atom is 0.225 e. The summed E-state index contributed by atoms with van der Waals surface area (Å²) in [5.74, 6) is 0.106. The van der Waals surface area contributed by atoms with E-state index in [1.165, 1.54) is 6.42 Å². The van der Waals surface area contributed by atoms with Gasteiger partial charge in [-0.1, -0.05) is 20.8 Å². The number of amides is 1. The van der Waals surface area contributed by atoms with E-state index in [0.717, 1.165) is 26.2 Å². The minimum Gasteiger partial charge on any atom is -0.380 e. The third kappa shape index (κ3) is 4.94. The molecule has 2 N–H and O–H groups in total. The molecule has 0 saturated carbocycles. The van der Waals surface area contributed by atoms with Gasteiger partial charge >= 0.3 is 0 Å². The van der Waals surface area contributed by atoms with E-state index in [4.69, 9.17) is 4.74 Å². The van der Waals surface area contributed by atoms with Gasteiger partial charge in [0.05, 0.1) is 6.61 Å². The molecule has 0 aromatic carbocycles. The zero-order chi connectivity index (χ0) is 12.0. The molecule has 0 aromatic rings. The zero-order valence-corrected chi connectivity index (χ0v) is 10.6. The minimum absolute atomic E-state index is 0.106. The van der Waals surface area contributed by atoms with Gasteiger partial charge in [0.2, 0.25) is 5.91 Å². The van der Waals surface area contributed by atoms with Crippen LogP contribution in [0, 0.1) is 5.41 Å². The Morgan fingerprint density at radius 1 is 1.38 bits per heavy atom. The van der Waals surface area contributed by atoms with E-state index in [9.17, 15) is 4.79 Å². The van der Waals surface area contributed by atoms with Crippen LogP contribution in [0.4, 0.5) is 0 Å². The molecule has 1 rings (SSSR count). The van der Waals surface area contributed by atoms with Gasteiger partial charge in [-0.2, -0.15) is 0 Å². The molecule has 94 valence electrons. The molecule has 1 fully saturated rings. The molecule has 1 aliphatic rings. The first-order valence-corrected chi connectivity index (χ1v) is 6.09. The average Bonchev–Trinajstić information content (AvgIpc) is 2.24. The molecule has 0 bridgehead atoms. The van der Waals surface area contributed by atoms with Crippen molar-refractivity contribution >= 4 is 5.91 Å². The second-order valence-corrected chi connectivity index (χ2v) is 5.37. The summed E-state index contributed by atoms with van der Waals surface area (Å²) >= 11 is 0. The van der Waals surface area contributed by atoms with Crippen LogP contribution in [0.1, 0.15) is 33.6 Å². The lowest BCUT2D eigenvalue weighted by molar-refractivity contribution is -0.128. The number of hydrogen-bond acceptors (Lipinski definition) is 3. The summed E-state index contributed by atoms with van der Waals surface area (Å²) in [6, 6.07) is 0.459. The monoisotopic (exact) mass is 228 g/mol. The van der Waals surface area contributed by atoms with Crippen LogP contribution in [0.3, 0.4) is 0 Å². The number of rotatable bonds is 4. The number of hydrogen-bond donors (Lipinski definition) is 2. The van der Waals surface area contributed by atoms with Crippen LogP contribution in [0.15, 0.2) is 0 Å². The maximum atomic E-state index is 11.6. The smallest absolute Gasteiger partial charge is 0.225 e. The van der Waals surface area contributed by atoms with Crippen molar-refractivity contribution in [3.63, 3.8) is 0 Å². The van der Waals surface area contributed by atoms with Crippen molar-refractivity contribution in [2.24, 2.45) is 5.41 Å². The standard InChI is InChI=1S/C12H24N2O2/c1-12(2,3)11(15)14-7-6-13-10-5-4-8-16-9-10/h10,13H,4-9H2,1-3H3,(H,14,15). The van der Waals surface area contributed by atoms with E-state index in [1.54, 1.807) is 0 Å². The van der Waals surface area contributed by atoms with Gasteiger partial charge in [-0.15, -0.1) is 0 Å². The fraction of sp³-hybridized carbons (Fsp3) is 0.917. The molecular weight excluding hydrogens is 204 g/mol. The molecule has 1 heterocycles. The van der Waals surface area contributed by atoms with Crippen LogP contribution >= 0.6 is 0 Å². The number of ether oxygens (including phenoxy) is 1. The first kappa shape index (κ1) is 13.5. The fourth-order valence-corrected chi connectivity index (χ4v) is 1.62. The molecule has 1 saturated heterocycles. The van der Waals surface area contributed by atoms with Crippen molar-refractivity contribution in [2.45, 2.75) is 39.7 Å². The van der Waals surface area contributed by atoms with Crippen molar-refractivity contribution in [2.75, 3.05) is 26.3 Å².